The van der Waals surface area contributed by atoms with Crippen LogP contribution in [0.5, 0.6) is 5.88 Å². The molecule has 1 unspecified atom stereocenters. The third-order valence-corrected chi connectivity index (χ3v) is 7.08. The number of anilines is 4. The molecule has 6 rings (SSSR count). The van der Waals surface area contributed by atoms with E-state index in [0.717, 1.165) is 46.4 Å². The lowest BCUT2D eigenvalue weighted by molar-refractivity contribution is -0.117. The van der Waals surface area contributed by atoms with E-state index in [4.69, 9.17) is 15.5 Å². The topological polar surface area (TPSA) is 165 Å². The average Bonchev–Trinajstić information content (AvgIpc) is 3.64. The maximum Gasteiger partial charge on any atom is 0.238 e. The zero-order valence-corrected chi connectivity index (χ0v) is 23.0. The van der Waals surface area contributed by atoms with E-state index < -0.39 is 0 Å². The summed E-state index contributed by atoms with van der Waals surface area (Å²) in [5.74, 6) is 1.73. The number of nitrogens with one attached hydrogen (secondary N) is 3. The first-order chi connectivity index (χ1) is 19.8. The quantitative estimate of drug-likeness (QED) is 0.224. The number of amides is 1. The van der Waals surface area contributed by atoms with Crippen LogP contribution in [0.2, 0.25) is 0 Å². The Morgan fingerprint density at radius 3 is 2.90 bits per heavy atom. The molecular formula is C28H31N11O2. The lowest BCUT2D eigenvalue weighted by Crippen LogP contribution is -2.33. The maximum atomic E-state index is 13.0. The highest BCUT2D eigenvalue weighted by Gasteiger charge is 2.26. The van der Waals surface area contributed by atoms with Crippen molar-refractivity contribution in [2.75, 3.05) is 36.0 Å². The lowest BCUT2D eigenvalue weighted by Gasteiger charge is -2.16. The van der Waals surface area contributed by atoms with Crippen molar-refractivity contribution in [1.82, 2.24) is 39.6 Å². The highest BCUT2D eigenvalue weighted by molar-refractivity contribution is 6.06. The second-order valence-corrected chi connectivity index (χ2v) is 10.2. The van der Waals surface area contributed by atoms with Crippen molar-refractivity contribution in [2.24, 2.45) is 7.05 Å². The second kappa shape index (κ2) is 10.8. The van der Waals surface area contributed by atoms with Gasteiger partial charge in [-0.2, -0.15) is 10.1 Å². The van der Waals surface area contributed by atoms with Crippen LogP contribution in [0.15, 0.2) is 49.1 Å². The minimum absolute atomic E-state index is 0.0783. The molecule has 1 saturated heterocycles. The Morgan fingerprint density at radius 2 is 2.10 bits per heavy atom. The first-order valence-corrected chi connectivity index (χ1v) is 13.3. The van der Waals surface area contributed by atoms with Gasteiger partial charge in [-0.15, -0.1) is 0 Å². The number of nitrogen functional groups attached to an aromatic ring is 1. The Hall–Kier alpha value is -5.04. The molecule has 0 bridgehead atoms. The summed E-state index contributed by atoms with van der Waals surface area (Å²) in [6.07, 6.45) is 7.42. The standard InChI is InChI=1S/C28H31N11O2/c1-16-10-32-28(35-23-9-17(2)38(3)37-23)36-26(16)20-11-31-27-19(20)5-4-6-21(27)33-24(40)15-39-8-7-18(14-39)41-25-13-30-12-22(29)34-25/h4-6,9-13,18,31H,7-8,14-15H2,1-3H3,(H2,29,34)(H,33,40)(H,32,35,36,37). The normalized spacial score (nSPS) is 15.3. The molecule has 13 heteroatoms. The van der Waals surface area contributed by atoms with E-state index in [1.807, 2.05) is 51.4 Å². The summed E-state index contributed by atoms with van der Waals surface area (Å²) in [7, 11) is 1.89. The van der Waals surface area contributed by atoms with E-state index in [2.05, 4.69) is 40.6 Å². The molecule has 1 amide bonds. The van der Waals surface area contributed by atoms with Gasteiger partial charge in [-0.3, -0.25) is 19.4 Å². The fourth-order valence-electron chi connectivity index (χ4n) is 4.99. The van der Waals surface area contributed by atoms with Crippen molar-refractivity contribution < 1.29 is 9.53 Å². The largest absolute Gasteiger partial charge is 0.472 e. The van der Waals surface area contributed by atoms with Crippen molar-refractivity contribution >= 4 is 40.1 Å². The van der Waals surface area contributed by atoms with E-state index in [-0.39, 0.29) is 18.6 Å². The Morgan fingerprint density at radius 1 is 1.22 bits per heavy atom. The molecule has 0 radical (unpaired) electrons. The van der Waals surface area contributed by atoms with Crippen molar-refractivity contribution in [1.29, 1.82) is 0 Å². The number of likely N-dealkylation sites (tertiary alicyclic amines) is 1. The van der Waals surface area contributed by atoms with Crippen molar-refractivity contribution in [3.8, 4) is 17.1 Å². The number of rotatable bonds is 8. The molecule has 13 nitrogen and oxygen atoms in total. The number of aromatic amines is 1. The van der Waals surface area contributed by atoms with E-state index >= 15 is 0 Å². The van der Waals surface area contributed by atoms with Crippen LogP contribution >= 0.6 is 0 Å². The third kappa shape index (κ3) is 5.65. The first kappa shape index (κ1) is 26.2. The minimum Gasteiger partial charge on any atom is -0.472 e. The summed E-state index contributed by atoms with van der Waals surface area (Å²) >= 11 is 0. The van der Waals surface area contributed by atoms with Crippen LogP contribution in [0.25, 0.3) is 22.2 Å². The monoisotopic (exact) mass is 553 g/mol. The van der Waals surface area contributed by atoms with E-state index in [0.29, 0.717) is 35.7 Å². The molecule has 210 valence electrons. The van der Waals surface area contributed by atoms with Gasteiger partial charge in [0, 0.05) is 55.2 Å². The van der Waals surface area contributed by atoms with Gasteiger partial charge in [0.2, 0.25) is 17.7 Å². The summed E-state index contributed by atoms with van der Waals surface area (Å²) < 4.78 is 7.69. The van der Waals surface area contributed by atoms with Crippen molar-refractivity contribution in [3.05, 3.63) is 60.3 Å². The summed E-state index contributed by atoms with van der Waals surface area (Å²) in [6.45, 7) is 5.56. The average molecular weight is 554 g/mol. The number of carbonyl (C=O) groups is 1. The van der Waals surface area contributed by atoms with Crippen LogP contribution in [0, 0.1) is 13.8 Å². The molecule has 4 aromatic heterocycles. The maximum absolute atomic E-state index is 13.0. The van der Waals surface area contributed by atoms with Crippen molar-refractivity contribution in [2.45, 2.75) is 26.4 Å². The third-order valence-electron chi connectivity index (χ3n) is 7.08. The minimum atomic E-state index is -0.103. The van der Waals surface area contributed by atoms with Gasteiger partial charge in [0.25, 0.3) is 0 Å². The van der Waals surface area contributed by atoms with E-state index in [1.54, 1.807) is 17.1 Å². The summed E-state index contributed by atoms with van der Waals surface area (Å²) in [5, 5.41) is 11.6. The number of fused-ring (bicyclic) bond motifs is 1. The second-order valence-electron chi connectivity index (χ2n) is 10.2. The number of carbonyl (C=O) groups excluding carboxylic acids is 1. The molecule has 0 aliphatic carbocycles. The molecule has 5 N–H and O–H groups in total. The molecule has 1 fully saturated rings. The molecule has 41 heavy (non-hydrogen) atoms. The molecule has 1 aliphatic heterocycles. The van der Waals surface area contributed by atoms with Gasteiger partial charge < -0.3 is 26.1 Å². The van der Waals surface area contributed by atoms with Gasteiger partial charge in [0.1, 0.15) is 11.9 Å². The van der Waals surface area contributed by atoms with Gasteiger partial charge in [-0.25, -0.2) is 9.97 Å². The number of hydrogen-bond donors (Lipinski definition) is 4. The molecule has 0 saturated carbocycles. The van der Waals surface area contributed by atoms with Crippen LogP contribution in [0.3, 0.4) is 0 Å². The van der Waals surface area contributed by atoms with Gasteiger partial charge in [-0.05, 0) is 31.9 Å². The predicted octanol–water partition coefficient (Wildman–Crippen LogP) is 3.18. The fourth-order valence-corrected chi connectivity index (χ4v) is 4.99. The van der Waals surface area contributed by atoms with Gasteiger partial charge in [-0.1, -0.05) is 12.1 Å². The summed E-state index contributed by atoms with van der Waals surface area (Å²) in [4.78, 5) is 35.8. The molecule has 5 heterocycles. The number of benzene rings is 1. The smallest absolute Gasteiger partial charge is 0.238 e. The number of nitrogens with two attached hydrogens (primary N) is 1. The van der Waals surface area contributed by atoms with Gasteiger partial charge in [0.15, 0.2) is 5.82 Å². The molecule has 0 spiro atoms. The van der Waals surface area contributed by atoms with Gasteiger partial charge >= 0.3 is 0 Å². The highest BCUT2D eigenvalue weighted by Crippen LogP contribution is 2.33. The molecule has 1 aromatic carbocycles. The molecule has 5 aromatic rings. The molecular weight excluding hydrogens is 522 g/mol. The van der Waals surface area contributed by atoms with Crippen LogP contribution in [-0.2, 0) is 11.8 Å². The first-order valence-electron chi connectivity index (χ1n) is 13.3. The zero-order chi connectivity index (χ0) is 28.5. The predicted molar refractivity (Wildman–Crippen MR) is 156 cm³/mol. The molecule has 1 atom stereocenters. The Bertz CT molecular complexity index is 1710. The van der Waals surface area contributed by atoms with E-state index in [1.165, 1.54) is 6.20 Å². The van der Waals surface area contributed by atoms with Crippen molar-refractivity contribution in [3.63, 3.8) is 0 Å². The number of aryl methyl sites for hydroxylation is 3. The van der Waals surface area contributed by atoms with Crippen LogP contribution in [0.1, 0.15) is 17.7 Å². The van der Waals surface area contributed by atoms with E-state index in [9.17, 15) is 4.79 Å². The summed E-state index contributed by atoms with van der Waals surface area (Å²) in [6, 6.07) is 7.76. The van der Waals surface area contributed by atoms with Gasteiger partial charge in [0.05, 0.1) is 35.8 Å². The van der Waals surface area contributed by atoms with Crippen LogP contribution in [-0.4, -0.2) is 71.2 Å². The number of ether oxygens (including phenoxy) is 1. The SMILES string of the molecule is Cc1cnc(Nc2cc(C)n(C)n2)nc1-c1c[nH]c2c(NC(=O)CN3CCC(Oc4cncc(N)n4)C3)cccc12. The van der Waals surface area contributed by atoms with Crippen LogP contribution < -0.4 is 21.1 Å². The Balaban J connectivity index is 1.14. The zero-order valence-electron chi connectivity index (χ0n) is 23.0. The number of hydrogen-bond acceptors (Lipinski definition) is 10. The van der Waals surface area contributed by atoms with Crippen LogP contribution in [0.4, 0.5) is 23.3 Å². The summed E-state index contributed by atoms with van der Waals surface area (Å²) in [5.41, 5.74) is 10.9. The number of H-pyrrole nitrogens is 1. The number of nitrogens with zero attached hydrogens (tertiary/aromatic N) is 7. The number of aromatic nitrogens is 7. The number of para-hydroxylation sites is 1. The lowest BCUT2D eigenvalue weighted by atomic mass is 10.1. The Kier molecular flexibility index (Phi) is 6.93. The highest BCUT2D eigenvalue weighted by atomic mass is 16.5. The molecule has 1 aliphatic rings. The fraction of sp³-hybridized carbons (Fsp3) is 0.286. The Labute approximate surface area is 236 Å².